The maximum Gasteiger partial charge on any atom is 0.336 e. The molecule has 0 bridgehead atoms. The molecular formula is C32H32FN7O6. The van der Waals surface area contributed by atoms with E-state index in [9.17, 15) is 23.9 Å². The molecule has 1 saturated heterocycles. The number of hydrogen-bond acceptors (Lipinski definition) is 8. The third-order valence-electron chi connectivity index (χ3n) is 8.14. The zero-order chi connectivity index (χ0) is 32.4. The number of amides is 3. The third kappa shape index (κ3) is 6.04. The van der Waals surface area contributed by atoms with Gasteiger partial charge in [0.1, 0.15) is 18.2 Å². The number of nitrogens with zero attached hydrogens (tertiary/aromatic N) is 5. The molecule has 2 aromatic heterocycles. The summed E-state index contributed by atoms with van der Waals surface area (Å²) < 4.78 is 29.4. The van der Waals surface area contributed by atoms with Crippen LogP contribution in [0, 0.1) is 11.7 Å². The summed E-state index contributed by atoms with van der Waals surface area (Å²) in [7, 11) is 1.50. The van der Waals surface area contributed by atoms with E-state index in [2.05, 4.69) is 25.6 Å². The van der Waals surface area contributed by atoms with E-state index < -0.39 is 53.3 Å². The molecule has 4 unspecified atom stereocenters. The lowest BCUT2D eigenvalue weighted by Crippen LogP contribution is -2.37. The normalized spacial score (nSPS) is 22.2. The van der Waals surface area contributed by atoms with Crippen molar-refractivity contribution >= 4 is 41.0 Å². The average molecular weight is 630 g/mol. The van der Waals surface area contributed by atoms with Crippen LogP contribution < -0.4 is 10.6 Å². The van der Waals surface area contributed by atoms with E-state index in [4.69, 9.17) is 9.47 Å². The second kappa shape index (κ2) is 13.0. The summed E-state index contributed by atoms with van der Waals surface area (Å²) in [5.41, 5.74) is 0.919. The van der Waals surface area contributed by atoms with Crippen molar-refractivity contribution in [2.24, 2.45) is 5.92 Å². The van der Waals surface area contributed by atoms with Crippen LogP contribution in [0.2, 0.25) is 0 Å². The Labute approximate surface area is 263 Å². The number of urea groups is 1. The fourth-order valence-corrected chi connectivity index (χ4v) is 6.10. The van der Waals surface area contributed by atoms with Gasteiger partial charge in [-0.3, -0.25) is 10.1 Å². The molecule has 0 spiro atoms. The Morgan fingerprint density at radius 3 is 2.63 bits per heavy atom. The maximum atomic E-state index is 14.8. The molecule has 5 atom stereocenters. The molecule has 3 amide bonds. The van der Waals surface area contributed by atoms with Gasteiger partial charge in [0.2, 0.25) is 0 Å². The molecule has 2 aliphatic rings. The molecule has 3 N–H and O–H groups in total. The van der Waals surface area contributed by atoms with Crippen molar-refractivity contribution in [3.05, 3.63) is 89.8 Å². The first kappa shape index (κ1) is 30.8. The van der Waals surface area contributed by atoms with Gasteiger partial charge >= 0.3 is 12.0 Å². The third-order valence-corrected chi connectivity index (χ3v) is 8.14. The first-order chi connectivity index (χ1) is 22.2. The predicted molar refractivity (Wildman–Crippen MR) is 164 cm³/mol. The van der Waals surface area contributed by atoms with Crippen molar-refractivity contribution < 1.29 is 33.4 Å². The van der Waals surface area contributed by atoms with Gasteiger partial charge in [0, 0.05) is 26.1 Å². The van der Waals surface area contributed by atoms with Crippen LogP contribution in [0.25, 0.3) is 17.2 Å². The van der Waals surface area contributed by atoms with Gasteiger partial charge < -0.3 is 29.4 Å². The Kier molecular flexibility index (Phi) is 8.72. The minimum Gasteiger partial charge on any atom is -0.478 e. The van der Waals surface area contributed by atoms with Crippen LogP contribution in [0.1, 0.15) is 45.7 Å². The highest BCUT2D eigenvalue weighted by Crippen LogP contribution is 2.45. The van der Waals surface area contributed by atoms with E-state index in [1.165, 1.54) is 30.4 Å². The number of carbonyl (C=O) groups is 3. The second-order valence-corrected chi connectivity index (χ2v) is 11.1. The van der Waals surface area contributed by atoms with E-state index in [-0.39, 0.29) is 24.3 Å². The Morgan fingerprint density at radius 1 is 1.09 bits per heavy atom. The standard InChI is InChI=1S/C32H32FN7O6/c1-3-34-32(44)38-28-25-29(36-16-35-28)40(17-37-25)22-14-19(15-39(2)30(41)24-20(31(42)43)10-7-11-21(24)33)26-27(22)46-23(45-26)13-12-18-8-5-4-6-9-18/h4-13,16-17,19,22-23,26-27H,3,14-15H2,1-2H3,(H,42,43)(H2,34,35,36,38,44)/t19?,22?,23-,26?,27?/m0/s1. The summed E-state index contributed by atoms with van der Waals surface area (Å²) >= 11 is 0. The molecule has 6 rings (SSSR count). The van der Waals surface area contributed by atoms with Crippen LogP contribution in [0.5, 0.6) is 0 Å². The molecule has 2 aromatic carbocycles. The lowest BCUT2D eigenvalue weighted by Gasteiger charge is -2.25. The number of aromatic nitrogens is 4. The fourth-order valence-electron chi connectivity index (χ4n) is 6.10. The molecule has 46 heavy (non-hydrogen) atoms. The van der Waals surface area contributed by atoms with E-state index in [0.29, 0.717) is 24.1 Å². The first-order valence-electron chi connectivity index (χ1n) is 14.8. The molecule has 13 nitrogen and oxygen atoms in total. The molecular weight excluding hydrogens is 597 g/mol. The number of anilines is 1. The monoisotopic (exact) mass is 629 g/mol. The van der Waals surface area contributed by atoms with Crippen molar-refractivity contribution in [1.82, 2.24) is 29.7 Å². The van der Waals surface area contributed by atoms with E-state index >= 15 is 0 Å². The Hall–Kier alpha value is -5.21. The summed E-state index contributed by atoms with van der Waals surface area (Å²) in [5.74, 6) is -3.10. The zero-order valence-electron chi connectivity index (χ0n) is 25.0. The number of carbonyl (C=O) groups excluding carboxylic acids is 2. The molecule has 14 heteroatoms. The van der Waals surface area contributed by atoms with Crippen LogP contribution in [0.15, 0.2) is 67.3 Å². The van der Waals surface area contributed by atoms with E-state index in [1.807, 2.05) is 47.1 Å². The topological polar surface area (TPSA) is 161 Å². The van der Waals surface area contributed by atoms with Gasteiger partial charge in [-0.05, 0) is 37.1 Å². The van der Waals surface area contributed by atoms with Crippen molar-refractivity contribution in [3.63, 3.8) is 0 Å². The molecule has 238 valence electrons. The highest BCUT2D eigenvalue weighted by atomic mass is 19.1. The van der Waals surface area contributed by atoms with E-state index in [0.717, 1.165) is 11.6 Å². The number of halogens is 1. The molecule has 0 radical (unpaired) electrons. The highest BCUT2D eigenvalue weighted by Gasteiger charge is 2.52. The molecule has 1 saturated carbocycles. The lowest BCUT2D eigenvalue weighted by atomic mass is 10.0. The van der Waals surface area contributed by atoms with Crippen LogP contribution >= 0.6 is 0 Å². The van der Waals surface area contributed by atoms with Gasteiger partial charge in [-0.1, -0.05) is 42.5 Å². The average Bonchev–Trinajstić information content (AvgIpc) is 3.75. The molecule has 4 aromatic rings. The smallest absolute Gasteiger partial charge is 0.336 e. The number of carboxylic acids is 1. The molecule has 1 aliphatic heterocycles. The Morgan fingerprint density at radius 2 is 1.87 bits per heavy atom. The van der Waals surface area contributed by atoms with Gasteiger partial charge in [-0.15, -0.1) is 0 Å². The molecule has 3 heterocycles. The Balaban J connectivity index is 1.29. The summed E-state index contributed by atoms with van der Waals surface area (Å²) in [6.45, 7) is 2.37. The zero-order valence-corrected chi connectivity index (χ0v) is 25.0. The van der Waals surface area contributed by atoms with Crippen LogP contribution in [0.3, 0.4) is 0 Å². The van der Waals surface area contributed by atoms with Gasteiger partial charge in [-0.2, -0.15) is 0 Å². The SMILES string of the molecule is CCNC(=O)Nc1ncnc2c1ncn2C1CC(CN(C)C(=O)c2c(F)cccc2C(=O)O)C2O[C@H](C=Cc3ccccc3)OC21. The van der Waals surface area contributed by atoms with Crippen LogP contribution in [-0.2, 0) is 9.47 Å². The van der Waals surface area contributed by atoms with Crippen molar-refractivity contribution in [2.45, 2.75) is 37.9 Å². The predicted octanol–water partition coefficient (Wildman–Crippen LogP) is 3.96. The summed E-state index contributed by atoms with van der Waals surface area (Å²) in [6, 6.07) is 12.4. The molecule has 1 aliphatic carbocycles. The van der Waals surface area contributed by atoms with Gasteiger partial charge in [0.15, 0.2) is 23.3 Å². The minimum atomic E-state index is -1.40. The summed E-state index contributed by atoms with van der Waals surface area (Å²) in [5, 5.41) is 14.9. The highest BCUT2D eigenvalue weighted by molar-refractivity contribution is 6.05. The number of imidazole rings is 1. The van der Waals surface area contributed by atoms with Crippen molar-refractivity contribution in [3.8, 4) is 0 Å². The number of fused-ring (bicyclic) bond motifs is 2. The van der Waals surface area contributed by atoms with Gasteiger partial charge in [0.05, 0.1) is 29.6 Å². The first-order valence-corrected chi connectivity index (χ1v) is 14.8. The number of aromatic carboxylic acids is 1. The van der Waals surface area contributed by atoms with Crippen LogP contribution in [-0.4, -0.2) is 86.1 Å². The summed E-state index contributed by atoms with van der Waals surface area (Å²) in [6.07, 6.45) is 5.49. The van der Waals surface area contributed by atoms with Gasteiger partial charge in [0.25, 0.3) is 5.91 Å². The van der Waals surface area contributed by atoms with E-state index in [1.54, 1.807) is 13.3 Å². The number of benzene rings is 2. The maximum absolute atomic E-state index is 14.8. The Bertz CT molecular complexity index is 1800. The number of carboxylic acid groups (broad SMARTS) is 1. The lowest BCUT2D eigenvalue weighted by molar-refractivity contribution is -0.0513. The van der Waals surface area contributed by atoms with Crippen molar-refractivity contribution in [2.75, 3.05) is 25.5 Å². The molecule has 2 fully saturated rings. The number of rotatable bonds is 9. The number of ether oxygens (including phenoxy) is 2. The van der Waals surface area contributed by atoms with Crippen molar-refractivity contribution in [1.29, 1.82) is 0 Å². The second-order valence-electron chi connectivity index (χ2n) is 11.1. The van der Waals surface area contributed by atoms with Crippen LogP contribution in [0.4, 0.5) is 15.0 Å². The summed E-state index contributed by atoms with van der Waals surface area (Å²) in [4.78, 5) is 51.8. The minimum absolute atomic E-state index is 0.133. The largest absolute Gasteiger partial charge is 0.478 e. The quantitative estimate of drug-likeness (QED) is 0.249. The number of nitrogens with one attached hydrogen (secondary N) is 2. The fraction of sp³-hybridized carbons (Fsp3) is 0.312. The van der Waals surface area contributed by atoms with Gasteiger partial charge in [-0.25, -0.2) is 28.9 Å². The number of hydrogen-bond donors (Lipinski definition) is 3.